The Morgan fingerprint density at radius 3 is 2.52 bits per heavy atom. The van der Waals surface area contributed by atoms with Crippen LogP contribution in [-0.2, 0) is 13.1 Å². The molecular formula is C17H23BrN2O. The van der Waals surface area contributed by atoms with Gasteiger partial charge in [-0.3, -0.25) is 0 Å². The topological polar surface area (TPSA) is 28.4 Å². The van der Waals surface area contributed by atoms with Gasteiger partial charge in [0.25, 0.3) is 0 Å². The number of hydrogen-bond acceptors (Lipinski definition) is 3. The number of nitrogens with one attached hydrogen (secondary N) is 1. The van der Waals surface area contributed by atoms with Crippen molar-refractivity contribution in [2.45, 2.75) is 39.4 Å². The average Bonchev–Trinajstić information content (AvgIpc) is 2.88. The fourth-order valence-electron chi connectivity index (χ4n) is 2.08. The number of halogens is 1. The number of benzene rings is 1. The highest BCUT2D eigenvalue weighted by Gasteiger charge is 2.11. The molecule has 1 aromatic carbocycles. The van der Waals surface area contributed by atoms with Crippen LogP contribution in [0.3, 0.4) is 0 Å². The molecule has 0 unspecified atom stereocenters. The smallest absolute Gasteiger partial charge is 0.0952 e. The second-order valence-electron chi connectivity index (χ2n) is 6.38. The Labute approximate surface area is 135 Å². The molecule has 0 saturated heterocycles. The SMILES string of the molecule is CN(Cc1ccoc1)c1ccc(CNC(C)(C)C)cc1Br. The van der Waals surface area contributed by atoms with Gasteiger partial charge in [0, 0.05) is 35.7 Å². The molecule has 0 aliphatic rings. The van der Waals surface area contributed by atoms with Crippen molar-refractivity contribution in [1.82, 2.24) is 5.32 Å². The fraction of sp³-hybridized carbons (Fsp3) is 0.412. The summed E-state index contributed by atoms with van der Waals surface area (Å²) < 4.78 is 6.23. The van der Waals surface area contributed by atoms with Crippen LogP contribution in [0, 0.1) is 0 Å². The third-order valence-electron chi connectivity index (χ3n) is 3.25. The van der Waals surface area contributed by atoms with Gasteiger partial charge in [0.15, 0.2) is 0 Å². The van der Waals surface area contributed by atoms with Crippen LogP contribution < -0.4 is 10.2 Å². The van der Waals surface area contributed by atoms with Gasteiger partial charge in [-0.25, -0.2) is 0 Å². The molecule has 0 bridgehead atoms. The second kappa shape index (κ2) is 6.67. The molecule has 21 heavy (non-hydrogen) atoms. The molecule has 0 amide bonds. The maximum Gasteiger partial charge on any atom is 0.0952 e. The van der Waals surface area contributed by atoms with Crippen LogP contribution >= 0.6 is 15.9 Å². The zero-order valence-electron chi connectivity index (χ0n) is 13.1. The van der Waals surface area contributed by atoms with E-state index in [0.29, 0.717) is 0 Å². The largest absolute Gasteiger partial charge is 0.472 e. The predicted molar refractivity (Wildman–Crippen MR) is 91.5 cm³/mol. The Morgan fingerprint density at radius 2 is 1.95 bits per heavy atom. The van der Waals surface area contributed by atoms with Gasteiger partial charge in [0.05, 0.1) is 18.2 Å². The lowest BCUT2D eigenvalue weighted by Gasteiger charge is -2.23. The minimum atomic E-state index is 0.128. The standard InChI is InChI=1S/C17H23BrN2O/c1-17(2,3)19-10-13-5-6-16(15(18)9-13)20(4)11-14-7-8-21-12-14/h5-9,12,19H,10-11H2,1-4H3. The lowest BCUT2D eigenvalue weighted by atomic mass is 10.1. The van der Waals surface area contributed by atoms with E-state index in [2.05, 4.69) is 72.2 Å². The molecule has 0 radical (unpaired) electrons. The molecule has 0 aliphatic heterocycles. The zero-order valence-corrected chi connectivity index (χ0v) is 14.7. The first-order valence-electron chi connectivity index (χ1n) is 7.11. The van der Waals surface area contributed by atoms with Crippen LogP contribution in [0.1, 0.15) is 31.9 Å². The third-order valence-corrected chi connectivity index (χ3v) is 3.88. The number of furan rings is 1. The van der Waals surface area contributed by atoms with Crippen LogP contribution in [-0.4, -0.2) is 12.6 Å². The fourth-order valence-corrected chi connectivity index (χ4v) is 2.81. The van der Waals surface area contributed by atoms with E-state index in [-0.39, 0.29) is 5.54 Å². The molecule has 3 nitrogen and oxygen atoms in total. The maximum absolute atomic E-state index is 5.12. The summed E-state index contributed by atoms with van der Waals surface area (Å²) in [6.07, 6.45) is 3.49. The minimum Gasteiger partial charge on any atom is -0.472 e. The Balaban J connectivity index is 2.04. The van der Waals surface area contributed by atoms with Crippen molar-refractivity contribution < 1.29 is 4.42 Å². The van der Waals surface area contributed by atoms with Gasteiger partial charge < -0.3 is 14.6 Å². The van der Waals surface area contributed by atoms with Gasteiger partial charge in [-0.05, 0) is 60.5 Å². The van der Waals surface area contributed by atoms with E-state index >= 15 is 0 Å². The van der Waals surface area contributed by atoms with E-state index in [9.17, 15) is 0 Å². The molecule has 1 heterocycles. The highest BCUT2D eigenvalue weighted by Crippen LogP contribution is 2.28. The summed E-state index contributed by atoms with van der Waals surface area (Å²) in [5.74, 6) is 0. The van der Waals surface area contributed by atoms with Crippen molar-refractivity contribution in [3.63, 3.8) is 0 Å². The van der Waals surface area contributed by atoms with Gasteiger partial charge in [-0.1, -0.05) is 6.07 Å². The number of nitrogens with zero attached hydrogens (tertiary/aromatic N) is 1. The van der Waals surface area contributed by atoms with Crippen molar-refractivity contribution >= 4 is 21.6 Å². The van der Waals surface area contributed by atoms with Crippen molar-refractivity contribution in [2.75, 3.05) is 11.9 Å². The maximum atomic E-state index is 5.12. The highest BCUT2D eigenvalue weighted by atomic mass is 79.9. The van der Waals surface area contributed by atoms with Crippen molar-refractivity contribution in [2.24, 2.45) is 0 Å². The Bertz CT molecular complexity index is 573. The lowest BCUT2D eigenvalue weighted by molar-refractivity contribution is 0.424. The van der Waals surface area contributed by atoms with Crippen molar-refractivity contribution in [1.29, 1.82) is 0 Å². The van der Waals surface area contributed by atoms with Crippen LogP contribution in [0.5, 0.6) is 0 Å². The molecular weight excluding hydrogens is 328 g/mol. The zero-order chi connectivity index (χ0) is 15.5. The van der Waals surface area contributed by atoms with Crippen molar-refractivity contribution in [3.05, 3.63) is 52.4 Å². The molecule has 0 atom stereocenters. The summed E-state index contributed by atoms with van der Waals surface area (Å²) in [6.45, 7) is 8.22. The molecule has 4 heteroatoms. The number of anilines is 1. The summed E-state index contributed by atoms with van der Waals surface area (Å²) >= 11 is 3.68. The third kappa shape index (κ3) is 4.90. The number of rotatable bonds is 5. The van der Waals surface area contributed by atoms with E-state index < -0.39 is 0 Å². The van der Waals surface area contributed by atoms with Gasteiger partial charge >= 0.3 is 0 Å². The summed E-state index contributed by atoms with van der Waals surface area (Å²) in [5, 5.41) is 3.50. The predicted octanol–water partition coefficient (Wildman–Crippen LogP) is 4.57. The molecule has 1 aromatic heterocycles. The van der Waals surface area contributed by atoms with Gasteiger partial charge in [-0.2, -0.15) is 0 Å². The molecule has 1 N–H and O–H groups in total. The summed E-state index contributed by atoms with van der Waals surface area (Å²) in [5.41, 5.74) is 3.75. The Hall–Kier alpha value is -1.26. The average molecular weight is 351 g/mol. The van der Waals surface area contributed by atoms with Crippen molar-refractivity contribution in [3.8, 4) is 0 Å². The van der Waals surface area contributed by atoms with Crippen LogP contribution in [0.25, 0.3) is 0 Å². The van der Waals surface area contributed by atoms with E-state index in [4.69, 9.17) is 4.42 Å². The first kappa shape index (κ1) is 16.1. The second-order valence-corrected chi connectivity index (χ2v) is 7.23. The molecule has 0 aliphatic carbocycles. The minimum absolute atomic E-state index is 0.128. The van der Waals surface area contributed by atoms with E-state index in [1.807, 2.05) is 6.07 Å². The summed E-state index contributed by atoms with van der Waals surface area (Å²) in [7, 11) is 2.08. The molecule has 0 saturated carbocycles. The molecule has 2 aromatic rings. The Morgan fingerprint density at radius 1 is 1.19 bits per heavy atom. The first-order chi connectivity index (χ1) is 9.85. The molecule has 114 valence electrons. The Kier molecular flexibility index (Phi) is 5.12. The highest BCUT2D eigenvalue weighted by molar-refractivity contribution is 9.10. The van der Waals surface area contributed by atoms with Gasteiger partial charge in [-0.15, -0.1) is 0 Å². The van der Waals surface area contributed by atoms with E-state index in [0.717, 1.165) is 17.6 Å². The first-order valence-corrected chi connectivity index (χ1v) is 7.90. The normalized spacial score (nSPS) is 11.7. The monoisotopic (exact) mass is 350 g/mol. The van der Waals surface area contributed by atoms with Gasteiger partial charge in [0.1, 0.15) is 0 Å². The van der Waals surface area contributed by atoms with Gasteiger partial charge in [0.2, 0.25) is 0 Å². The number of hydrogen-bond donors (Lipinski definition) is 1. The van der Waals surface area contributed by atoms with Crippen LogP contribution in [0.2, 0.25) is 0 Å². The quantitative estimate of drug-likeness (QED) is 0.856. The van der Waals surface area contributed by atoms with Crippen LogP contribution in [0.4, 0.5) is 5.69 Å². The van der Waals surface area contributed by atoms with Crippen LogP contribution in [0.15, 0.2) is 45.7 Å². The van der Waals surface area contributed by atoms with E-state index in [1.54, 1.807) is 12.5 Å². The summed E-state index contributed by atoms with van der Waals surface area (Å²) in [6, 6.07) is 8.50. The molecule has 0 spiro atoms. The summed E-state index contributed by atoms with van der Waals surface area (Å²) in [4.78, 5) is 2.20. The van der Waals surface area contributed by atoms with E-state index in [1.165, 1.54) is 16.8 Å². The molecule has 0 fully saturated rings. The lowest BCUT2D eigenvalue weighted by Crippen LogP contribution is -2.35. The molecule has 2 rings (SSSR count).